The lowest BCUT2D eigenvalue weighted by Crippen LogP contribution is -1.93. The number of ether oxygens (including phenoxy) is 3. The van der Waals surface area contributed by atoms with E-state index in [2.05, 4.69) is 9.97 Å². The number of methoxy groups -OCH3 is 2. The molecule has 1 heterocycles. The summed E-state index contributed by atoms with van der Waals surface area (Å²) in [4.78, 5) is 7.86. The first-order valence-corrected chi connectivity index (χ1v) is 5.48. The summed E-state index contributed by atoms with van der Waals surface area (Å²) in [5.74, 6) is 1.97. The van der Waals surface area contributed by atoms with Crippen molar-refractivity contribution in [1.29, 1.82) is 0 Å². The molecule has 2 rings (SSSR count). The minimum atomic E-state index is 0.194. The Labute approximate surface area is 109 Å². The molecule has 0 radical (unpaired) electrons. The van der Waals surface area contributed by atoms with Crippen molar-refractivity contribution in [1.82, 2.24) is 9.97 Å². The van der Waals surface area contributed by atoms with Crippen LogP contribution in [0.3, 0.4) is 0 Å². The minimum absolute atomic E-state index is 0.194. The van der Waals surface area contributed by atoms with Crippen molar-refractivity contribution in [2.75, 3.05) is 14.2 Å². The molecule has 6 heteroatoms. The van der Waals surface area contributed by atoms with Crippen molar-refractivity contribution >= 4 is 11.6 Å². The van der Waals surface area contributed by atoms with Crippen LogP contribution in [0, 0.1) is 0 Å². The highest BCUT2D eigenvalue weighted by Gasteiger charge is 2.08. The Bertz CT molecular complexity index is 526. The number of rotatable bonds is 4. The number of nitrogens with zero attached hydrogens (tertiary/aromatic N) is 2. The van der Waals surface area contributed by atoms with Crippen LogP contribution in [0.1, 0.15) is 0 Å². The molecule has 0 aliphatic rings. The van der Waals surface area contributed by atoms with Crippen molar-refractivity contribution < 1.29 is 14.2 Å². The van der Waals surface area contributed by atoms with E-state index in [9.17, 15) is 0 Å². The maximum atomic E-state index is 5.86. The summed E-state index contributed by atoms with van der Waals surface area (Å²) in [6.07, 6.45) is 2.99. The van der Waals surface area contributed by atoms with E-state index in [1.165, 1.54) is 12.4 Å². The third-order valence-electron chi connectivity index (χ3n) is 2.16. The fraction of sp³-hybridized carbons (Fsp3) is 0.167. The smallest absolute Gasteiger partial charge is 0.257 e. The number of halogens is 1. The number of hydrogen-bond donors (Lipinski definition) is 0. The van der Waals surface area contributed by atoms with Crippen molar-refractivity contribution in [3.8, 4) is 23.1 Å². The van der Waals surface area contributed by atoms with Crippen molar-refractivity contribution in [2.24, 2.45) is 0 Å². The van der Waals surface area contributed by atoms with Crippen LogP contribution in [0.25, 0.3) is 0 Å². The van der Waals surface area contributed by atoms with E-state index in [4.69, 9.17) is 25.8 Å². The Morgan fingerprint density at radius 2 is 1.44 bits per heavy atom. The summed E-state index contributed by atoms with van der Waals surface area (Å²) in [6.45, 7) is 0. The Morgan fingerprint density at radius 3 is 2.00 bits per heavy atom. The van der Waals surface area contributed by atoms with Crippen LogP contribution in [0.15, 0.2) is 30.6 Å². The van der Waals surface area contributed by atoms with E-state index in [-0.39, 0.29) is 11.0 Å². The van der Waals surface area contributed by atoms with Crippen LogP contribution in [0.2, 0.25) is 5.15 Å². The second-order valence-corrected chi connectivity index (χ2v) is 3.66. The van der Waals surface area contributed by atoms with Gasteiger partial charge in [0.15, 0.2) is 5.15 Å². The first-order chi connectivity index (χ1) is 8.72. The van der Waals surface area contributed by atoms with Gasteiger partial charge in [-0.15, -0.1) is 0 Å². The van der Waals surface area contributed by atoms with Crippen LogP contribution in [-0.2, 0) is 0 Å². The summed E-state index contributed by atoms with van der Waals surface area (Å²) in [6, 6.07) is 5.15. The third-order valence-corrected chi connectivity index (χ3v) is 2.42. The molecule has 0 saturated carbocycles. The molecule has 18 heavy (non-hydrogen) atoms. The van der Waals surface area contributed by atoms with Gasteiger partial charge in [0.25, 0.3) is 5.88 Å². The second kappa shape index (κ2) is 5.55. The number of hydrogen-bond acceptors (Lipinski definition) is 5. The molecule has 0 amide bonds. The molecule has 0 fully saturated rings. The molecule has 0 aliphatic heterocycles. The van der Waals surface area contributed by atoms with Gasteiger partial charge in [0.2, 0.25) is 0 Å². The van der Waals surface area contributed by atoms with E-state index < -0.39 is 0 Å². The van der Waals surface area contributed by atoms with E-state index in [1.807, 2.05) is 0 Å². The van der Waals surface area contributed by atoms with Crippen LogP contribution in [0.5, 0.6) is 23.1 Å². The summed E-state index contributed by atoms with van der Waals surface area (Å²) >= 11 is 5.86. The normalized spacial score (nSPS) is 9.94. The zero-order valence-corrected chi connectivity index (χ0v) is 10.6. The average molecular weight is 267 g/mol. The lowest BCUT2D eigenvalue weighted by atomic mass is 10.3. The monoisotopic (exact) mass is 266 g/mol. The molecular formula is C12H11ClN2O3. The molecule has 2 aromatic rings. The summed E-state index contributed by atoms with van der Waals surface area (Å²) in [7, 11) is 3.13. The van der Waals surface area contributed by atoms with Gasteiger partial charge in [0.05, 0.1) is 14.2 Å². The third kappa shape index (κ3) is 2.81. The number of benzene rings is 1. The Morgan fingerprint density at radius 1 is 0.889 bits per heavy atom. The van der Waals surface area contributed by atoms with E-state index in [0.29, 0.717) is 17.2 Å². The summed E-state index contributed by atoms with van der Waals surface area (Å²) in [5.41, 5.74) is 0. The number of aromatic nitrogens is 2. The fourth-order valence-electron chi connectivity index (χ4n) is 1.33. The Hall–Kier alpha value is -2.01. The summed E-state index contributed by atoms with van der Waals surface area (Å²) in [5, 5.41) is 0.194. The zero-order chi connectivity index (χ0) is 13.0. The first kappa shape index (κ1) is 12.4. The van der Waals surface area contributed by atoms with Gasteiger partial charge in [-0.25, -0.2) is 9.97 Å². The highest BCUT2D eigenvalue weighted by atomic mass is 35.5. The van der Waals surface area contributed by atoms with Gasteiger partial charge in [-0.05, 0) is 0 Å². The SMILES string of the molecule is COc1cc(OC)cc(Oc2nccnc2Cl)c1. The van der Waals surface area contributed by atoms with Gasteiger partial charge in [0, 0.05) is 30.6 Å². The van der Waals surface area contributed by atoms with E-state index >= 15 is 0 Å². The molecule has 0 spiro atoms. The van der Waals surface area contributed by atoms with E-state index in [0.717, 1.165) is 0 Å². The Balaban J connectivity index is 2.31. The topological polar surface area (TPSA) is 53.5 Å². The Kier molecular flexibility index (Phi) is 3.84. The van der Waals surface area contributed by atoms with Gasteiger partial charge < -0.3 is 14.2 Å². The van der Waals surface area contributed by atoms with Crippen molar-refractivity contribution in [2.45, 2.75) is 0 Å². The van der Waals surface area contributed by atoms with Gasteiger partial charge in [-0.3, -0.25) is 0 Å². The first-order valence-electron chi connectivity index (χ1n) is 5.10. The molecule has 94 valence electrons. The predicted octanol–water partition coefficient (Wildman–Crippen LogP) is 2.94. The summed E-state index contributed by atoms with van der Waals surface area (Å²) < 4.78 is 15.8. The molecule has 0 bridgehead atoms. The highest BCUT2D eigenvalue weighted by Crippen LogP contribution is 2.31. The van der Waals surface area contributed by atoms with Crippen LogP contribution in [-0.4, -0.2) is 24.2 Å². The van der Waals surface area contributed by atoms with Gasteiger partial charge in [0.1, 0.15) is 17.2 Å². The molecule has 1 aromatic heterocycles. The lowest BCUT2D eigenvalue weighted by molar-refractivity contribution is 0.385. The quantitative estimate of drug-likeness (QED) is 0.852. The maximum absolute atomic E-state index is 5.86. The molecular weight excluding hydrogens is 256 g/mol. The standard InChI is InChI=1S/C12H11ClN2O3/c1-16-8-5-9(17-2)7-10(6-8)18-12-11(13)14-3-4-15-12/h3-7H,1-2H3. The zero-order valence-electron chi connectivity index (χ0n) is 9.88. The lowest BCUT2D eigenvalue weighted by Gasteiger charge is -2.09. The average Bonchev–Trinajstić information content (AvgIpc) is 2.41. The predicted molar refractivity (Wildman–Crippen MR) is 66.7 cm³/mol. The molecule has 0 aliphatic carbocycles. The molecule has 0 unspecified atom stereocenters. The van der Waals surface area contributed by atoms with E-state index in [1.54, 1.807) is 32.4 Å². The second-order valence-electron chi connectivity index (χ2n) is 3.30. The van der Waals surface area contributed by atoms with Crippen molar-refractivity contribution in [3.05, 3.63) is 35.7 Å². The molecule has 0 atom stereocenters. The fourth-order valence-corrected chi connectivity index (χ4v) is 1.47. The molecule has 0 saturated heterocycles. The van der Waals surface area contributed by atoms with Crippen LogP contribution >= 0.6 is 11.6 Å². The molecule has 0 N–H and O–H groups in total. The molecule has 1 aromatic carbocycles. The maximum Gasteiger partial charge on any atom is 0.257 e. The van der Waals surface area contributed by atoms with Gasteiger partial charge in [-0.2, -0.15) is 0 Å². The largest absolute Gasteiger partial charge is 0.496 e. The minimum Gasteiger partial charge on any atom is -0.496 e. The highest BCUT2D eigenvalue weighted by molar-refractivity contribution is 6.30. The van der Waals surface area contributed by atoms with Gasteiger partial charge >= 0.3 is 0 Å². The van der Waals surface area contributed by atoms with Gasteiger partial charge in [-0.1, -0.05) is 11.6 Å². The van der Waals surface area contributed by atoms with Crippen LogP contribution in [0.4, 0.5) is 0 Å². The molecule has 5 nitrogen and oxygen atoms in total. The van der Waals surface area contributed by atoms with Crippen LogP contribution < -0.4 is 14.2 Å². The van der Waals surface area contributed by atoms with Crippen molar-refractivity contribution in [3.63, 3.8) is 0 Å².